The van der Waals surface area contributed by atoms with E-state index in [1.54, 1.807) is 0 Å². The number of piperidine rings is 1. The van der Waals surface area contributed by atoms with Crippen LogP contribution < -0.4 is 10.4 Å². The molecule has 204 valence electrons. The van der Waals surface area contributed by atoms with Gasteiger partial charge in [-0.3, -0.25) is 4.90 Å². The lowest BCUT2D eigenvalue weighted by Crippen LogP contribution is -2.68. The zero-order valence-corrected chi connectivity index (χ0v) is 24.7. The summed E-state index contributed by atoms with van der Waals surface area (Å²) in [7, 11) is -2.59. The average molecular weight is 532 g/mol. The van der Waals surface area contributed by atoms with Crippen LogP contribution in [-0.4, -0.2) is 50.5 Å². The molecule has 1 spiro atoms. The monoisotopic (exact) mass is 531 g/mol. The van der Waals surface area contributed by atoms with Crippen LogP contribution in [0.3, 0.4) is 0 Å². The fourth-order valence-electron chi connectivity index (χ4n) is 7.80. The Morgan fingerprint density at radius 3 is 2.16 bits per heavy atom. The van der Waals surface area contributed by atoms with Crippen LogP contribution in [0.2, 0.25) is 5.04 Å². The molecule has 0 N–H and O–H groups in total. The van der Waals surface area contributed by atoms with E-state index < -0.39 is 8.32 Å². The van der Waals surface area contributed by atoms with Gasteiger partial charge >= 0.3 is 5.97 Å². The van der Waals surface area contributed by atoms with Crippen molar-refractivity contribution in [2.75, 3.05) is 19.8 Å². The lowest BCUT2D eigenvalue weighted by Gasteiger charge is -2.55. The zero-order chi connectivity index (χ0) is 26.8. The van der Waals surface area contributed by atoms with Crippen molar-refractivity contribution in [2.45, 2.75) is 89.3 Å². The Kier molecular flexibility index (Phi) is 8.00. The third-order valence-electron chi connectivity index (χ3n) is 9.51. The lowest BCUT2D eigenvalue weighted by molar-refractivity contribution is -0.139. The zero-order valence-electron chi connectivity index (χ0n) is 23.7. The van der Waals surface area contributed by atoms with Crippen LogP contribution in [0.4, 0.5) is 0 Å². The summed E-state index contributed by atoms with van der Waals surface area (Å²) in [6.45, 7) is 10.9. The highest BCUT2D eigenvalue weighted by Gasteiger charge is 2.55. The number of hydrogen-bond acceptors (Lipinski definition) is 4. The maximum absolute atomic E-state index is 12.7. The van der Waals surface area contributed by atoms with Gasteiger partial charge in [0.2, 0.25) is 0 Å². The molecule has 0 amide bonds. The predicted octanol–water partition coefficient (Wildman–Crippen LogP) is 5.85. The van der Waals surface area contributed by atoms with E-state index in [0.29, 0.717) is 18.6 Å². The fraction of sp³-hybridized carbons (Fsp3) is 0.545. The number of benzene rings is 2. The number of esters is 1. The Balaban J connectivity index is 1.48. The van der Waals surface area contributed by atoms with Gasteiger partial charge in [-0.1, -0.05) is 100 Å². The van der Waals surface area contributed by atoms with Crippen molar-refractivity contribution in [3.8, 4) is 0 Å². The molecule has 2 fully saturated rings. The Morgan fingerprint density at radius 2 is 1.58 bits per heavy atom. The minimum Gasteiger partial charge on any atom is -0.463 e. The Labute approximate surface area is 230 Å². The molecule has 0 radical (unpaired) electrons. The highest BCUT2D eigenvalue weighted by molar-refractivity contribution is 6.99. The number of nitrogens with zero attached hydrogens (tertiary/aromatic N) is 1. The number of fused-ring (bicyclic) bond motifs is 2. The second-order valence-corrected chi connectivity index (χ2v) is 16.8. The second kappa shape index (κ2) is 11.1. The molecule has 3 atom stereocenters. The summed E-state index contributed by atoms with van der Waals surface area (Å²) in [4.78, 5) is 15.4. The van der Waals surface area contributed by atoms with E-state index >= 15 is 0 Å². The first kappa shape index (κ1) is 27.4. The molecule has 2 heterocycles. The quantitative estimate of drug-likeness (QED) is 0.332. The highest BCUT2D eigenvalue weighted by atomic mass is 28.4. The average Bonchev–Trinajstić information content (AvgIpc) is 3.32. The number of hydrogen-bond donors (Lipinski definition) is 0. The molecule has 1 saturated carbocycles. The molecule has 5 heteroatoms. The fourth-order valence-corrected chi connectivity index (χ4v) is 12.4. The van der Waals surface area contributed by atoms with E-state index in [0.717, 1.165) is 25.1 Å². The molecule has 1 saturated heterocycles. The maximum atomic E-state index is 12.7. The summed E-state index contributed by atoms with van der Waals surface area (Å²) in [5.74, 6) is 0.332. The van der Waals surface area contributed by atoms with Gasteiger partial charge in [0.15, 0.2) is 0 Å². The number of rotatable bonds is 7. The van der Waals surface area contributed by atoms with Crippen LogP contribution in [0.25, 0.3) is 0 Å². The van der Waals surface area contributed by atoms with Crippen molar-refractivity contribution in [2.24, 2.45) is 5.92 Å². The van der Waals surface area contributed by atoms with Crippen molar-refractivity contribution in [3.63, 3.8) is 0 Å². The molecule has 0 aromatic heterocycles. The van der Waals surface area contributed by atoms with Gasteiger partial charge in [-0.2, -0.15) is 0 Å². The normalized spacial score (nSPS) is 26.2. The molecular weight excluding hydrogens is 486 g/mol. The van der Waals surface area contributed by atoms with Crippen LogP contribution >= 0.6 is 0 Å². The maximum Gasteiger partial charge on any atom is 0.334 e. The first-order chi connectivity index (χ1) is 18.3. The molecule has 2 aliphatic heterocycles. The van der Waals surface area contributed by atoms with Crippen molar-refractivity contribution >= 4 is 24.7 Å². The summed E-state index contributed by atoms with van der Waals surface area (Å²) in [6.07, 6.45) is 10.4. The minimum atomic E-state index is -2.59. The molecule has 1 aliphatic carbocycles. The van der Waals surface area contributed by atoms with Crippen LogP contribution in [-0.2, 0) is 14.0 Å². The largest absolute Gasteiger partial charge is 0.463 e. The molecular formula is C33H45NO3Si. The number of carbonyl (C=O) groups is 1. The van der Waals surface area contributed by atoms with Gasteiger partial charge in [-0.15, -0.1) is 0 Å². The SMILES string of the molecule is CCOC(=O)C1=CC[C@H]2CCC[C@]3(CCC[C@@H]3CO[Si](c3ccccc3)(c3ccccc3)C(C)(C)C)N2C1. The number of ether oxygens (including phenoxy) is 1. The van der Waals surface area contributed by atoms with Crippen LogP contribution in [0.15, 0.2) is 72.3 Å². The molecule has 3 aliphatic rings. The molecule has 4 nitrogen and oxygen atoms in total. The Hall–Kier alpha value is -2.21. The van der Waals surface area contributed by atoms with Gasteiger partial charge in [-0.05, 0) is 60.4 Å². The van der Waals surface area contributed by atoms with Crippen molar-refractivity contribution in [1.82, 2.24) is 4.90 Å². The molecule has 38 heavy (non-hydrogen) atoms. The summed E-state index contributed by atoms with van der Waals surface area (Å²) < 4.78 is 12.9. The van der Waals surface area contributed by atoms with Gasteiger partial charge < -0.3 is 9.16 Å². The van der Waals surface area contributed by atoms with Crippen LogP contribution in [0.5, 0.6) is 0 Å². The van der Waals surface area contributed by atoms with Gasteiger partial charge in [0.1, 0.15) is 0 Å². The van der Waals surface area contributed by atoms with Gasteiger partial charge in [0.25, 0.3) is 8.32 Å². The first-order valence-electron chi connectivity index (χ1n) is 14.7. The smallest absolute Gasteiger partial charge is 0.334 e. The topological polar surface area (TPSA) is 38.8 Å². The predicted molar refractivity (Wildman–Crippen MR) is 157 cm³/mol. The molecule has 2 aromatic carbocycles. The molecule has 2 aromatic rings. The van der Waals surface area contributed by atoms with Gasteiger partial charge in [0.05, 0.1) is 6.61 Å². The third kappa shape index (κ3) is 4.82. The molecule has 5 rings (SSSR count). The molecule has 0 bridgehead atoms. The number of carbonyl (C=O) groups excluding carboxylic acids is 1. The first-order valence-corrected chi connectivity index (χ1v) is 16.6. The third-order valence-corrected chi connectivity index (χ3v) is 14.5. The van der Waals surface area contributed by atoms with E-state index in [1.165, 1.54) is 48.9 Å². The molecule has 0 unspecified atom stereocenters. The Bertz CT molecular complexity index is 1090. The summed E-state index contributed by atoms with van der Waals surface area (Å²) in [5, 5.41) is 2.66. The highest BCUT2D eigenvalue weighted by Crippen LogP contribution is 2.50. The van der Waals surface area contributed by atoms with Crippen LogP contribution in [0, 0.1) is 5.92 Å². The van der Waals surface area contributed by atoms with Crippen LogP contribution in [0.1, 0.15) is 72.6 Å². The standard InChI is InChI=1S/C33H45NO3Si/c1-5-36-31(35)26-20-21-28-15-13-23-33(34(28)24-26)22-12-14-27(33)25-37-38(32(2,3)4,29-16-8-6-9-17-29)30-18-10-7-11-19-30/h6-11,16-20,27-28H,5,12-15,21-25H2,1-4H3/t27-,28-,33+/m1/s1. The van der Waals surface area contributed by atoms with E-state index in [1.807, 2.05) is 6.92 Å². The van der Waals surface area contributed by atoms with Gasteiger partial charge in [-0.25, -0.2) is 4.79 Å². The van der Waals surface area contributed by atoms with E-state index in [4.69, 9.17) is 9.16 Å². The van der Waals surface area contributed by atoms with Crippen molar-refractivity contribution < 1.29 is 14.0 Å². The van der Waals surface area contributed by atoms with Crippen molar-refractivity contribution in [3.05, 3.63) is 72.3 Å². The Morgan fingerprint density at radius 1 is 0.974 bits per heavy atom. The summed E-state index contributed by atoms with van der Waals surface area (Å²) in [6, 6.07) is 22.5. The summed E-state index contributed by atoms with van der Waals surface area (Å²) >= 11 is 0. The van der Waals surface area contributed by atoms with Crippen molar-refractivity contribution in [1.29, 1.82) is 0 Å². The van der Waals surface area contributed by atoms with Gasteiger partial charge in [0, 0.05) is 30.3 Å². The summed E-state index contributed by atoms with van der Waals surface area (Å²) in [5.41, 5.74) is 0.961. The lowest BCUT2D eigenvalue weighted by atomic mass is 9.74. The van der Waals surface area contributed by atoms with E-state index in [-0.39, 0.29) is 16.5 Å². The van der Waals surface area contributed by atoms with E-state index in [9.17, 15) is 4.79 Å². The second-order valence-electron chi connectivity index (χ2n) is 12.5. The van der Waals surface area contributed by atoms with E-state index in [2.05, 4.69) is 92.4 Å². The minimum absolute atomic E-state index is 0.0263.